The van der Waals surface area contributed by atoms with Crippen molar-refractivity contribution in [1.82, 2.24) is 0 Å². The number of nitrogens with one attached hydrogen (secondary N) is 1. The molecular formula is C14H14ClNO2. The normalized spacial score (nSPS) is 10.3. The van der Waals surface area contributed by atoms with Crippen LogP contribution in [-0.2, 0) is 6.54 Å². The minimum atomic E-state index is -0.115. The zero-order chi connectivity index (χ0) is 13.1. The van der Waals surface area contributed by atoms with Crippen molar-refractivity contribution in [2.24, 2.45) is 0 Å². The van der Waals surface area contributed by atoms with Crippen LogP contribution in [0.4, 0.5) is 5.69 Å². The number of benzene rings is 2. The number of rotatable bonds is 3. The molecule has 0 spiro atoms. The van der Waals surface area contributed by atoms with Crippen molar-refractivity contribution >= 4 is 17.3 Å². The van der Waals surface area contributed by atoms with Gasteiger partial charge in [-0.1, -0.05) is 23.7 Å². The van der Waals surface area contributed by atoms with Crippen molar-refractivity contribution in [2.75, 3.05) is 5.32 Å². The maximum atomic E-state index is 9.38. The highest BCUT2D eigenvalue weighted by Gasteiger charge is 2.01. The third-order valence-corrected chi connectivity index (χ3v) is 3.12. The second-order valence-corrected chi connectivity index (χ2v) is 4.55. The number of hydrogen-bond acceptors (Lipinski definition) is 3. The number of anilines is 1. The molecule has 0 amide bonds. The summed E-state index contributed by atoms with van der Waals surface area (Å²) in [6, 6.07) is 10.5. The van der Waals surface area contributed by atoms with Crippen molar-refractivity contribution in [1.29, 1.82) is 0 Å². The Hall–Kier alpha value is -1.87. The van der Waals surface area contributed by atoms with Crippen LogP contribution in [0.5, 0.6) is 11.5 Å². The highest BCUT2D eigenvalue weighted by atomic mass is 35.5. The fourth-order valence-corrected chi connectivity index (χ4v) is 1.77. The van der Waals surface area contributed by atoms with Gasteiger partial charge in [0, 0.05) is 17.3 Å². The Labute approximate surface area is 111 Å². The van der Waals surface area contributed by atoms with Crippen molar-refractivity contribution in [3.8, 4) is 11.5 Å². The average molecular weight is 264 g/mol. The van der Waals surface area contributed by atoms with Gasteiger partial charge < -0.3 is 15.5 Å². The van der Waals surface area contributed by atoms with Crippen LogP contribution in [0.3, 0.4) is 0 Å². The van der Waals surface area contributed by atoms with Crippen LogP contribution in [0.15, 0.2) is 36.4 Å². The molecular weight excluding hydrogens is 250 g/mol. The van der Waals surface area contributed by atoms with Gasteiger partial charge >= 0.3 is 0 Å². The lowest BCUT2D eigenvalue weighted by molar-refractivity contribution is 0.403. The third kappa shape index (κ3) is 2.87. The van der Waals surface area contributed by atoms with Crippen LogP contribution in [0.2, 0.25) is 5.02 Å². The monoisotopic (exact) mass is 263 g/mol. The summed E-state index contributed by atoms with van der Waals surface area (Å²) < 4.78 is 0. The van der Waals surface area contributed by atoms with E-state index in [0.29, 0.717) is 11.6 Å². The van der Waals surface area contributed by atoms with E-state index in [1.807, 2.05) is 25.1 Å². The van der Waals surface area contributed by atoms with Gasteiger partial charge in [0.15, 0.2) is 11.5 Å². The topological polar surface area (TPSA) is 52.5 Å². The molecule has 0 heterocycles. The minimum Gasteiger partial charge on any atom is -0.504 e. The SMILES string of the molecule is Cc1ccc(NCc2ccc(O)c(O)c2)cc1Cl. The lowest BCUT2D eigenvalue weighted by Gasteiger charge is -2.08. The summed E-state index contributed by atoms with van der Waals surface area (Å²) in [6.45, 7) is 2.50. The van der Waals surface area contributed by atoms with E-state index in [2.05, 4.69) is 5.32 Å². The molecule has 18 heavy (non-hydrogen) atoms. The van der Waals surface area contributed by atoms with Gasteiger partial charge in [0.2, 0.25) is 0 Å². The van der Waals surface area contributed by atoms with Gasteiger partial charge in [0.05, 0.1) is 0 Å². The van der Waals surface area contributed by atoms with E-state index in [0.717, 1.165) is 16.8 Å². The van der Waals surface area contributed by atoms with E-state index in [-0.39, 0.29) is 11.5 Å². The Balaban J connectivity index is 2.06. The Bertz CT molecular complexity index is 518. The Morgan fingerprint density at radius 2 is 1.83 bits per heavy atom. The number of phenols is 2. The first-order valence-electron chi connectivity index (χ1n) is 5.57. The smallest absolute Gasteiger partial charge is 0.157 e. The summed E-state index contributed by atoms with van der Waals surface area (Å²) in [5.74, 6) is -0.228. The summed E-state index contributed by atoms with van der Waals surface area (Å²) >= 11 is 6.03. The highest BCUT2D eigenvalue weighted by Crippen LogP contribution is 2.25. The molecule has 0 atom stereocenters. The number of aromatic hydroxyl groups is 2. The molecule has 3 N–H and O–H groups in total. The summed E-state index contributed by atoms with van der Waals surface area (Å²) in [6.07, 6.45) is 0. The first-order valence-corrected chi connectivity index (χ1v) is 5.95. The summed E-state index contributed by atoms with van der Waals surface area (Å²) in [5, 5.41) is 22.5. The third-order valence-electron chi connectivity index (χ3n) is 2.71. The summed E-state index contributed by atoms with van der Waals surface area (Å²) in [7, 11) is 0. The van der Waals surface area contributed by atoms with Crippen molar-refractivity contribution in [3.05, 3.63) is 52.5 Å². The van der Waals surface area contributed by atoms with Crippen LogP contribution in [0, 0.1) is 6.92 Å². The molecule has 0 aromatic heterocycles. The molecule has 0 bridgehead atoms. The predicted molar refractivity (Wildman–Crippen MR) is 73.3 cm³/mol. The number of phenolic OH excluding ortho intramolecular Hbond substituents is 2. The molecule has 0 unspecified atom stereocenters. The number of aryl methyl sites for hydroxylation is 1. The standard InChI is InChI=1S/C14H14ClNO2/c1-9-2-4-11(7-12(9)15)16-8-10-3-5-13(17)14(18)6-10/h2-7,16-18H,8H2,1H3. The van der Waals surface area contributed by atoms with Gasteiger partial charge in [0.25, 0.3) is 0 Å². The van der Waals surface area contributed by atoms with Crippen LogP contribution in [0.25, 0.3) is 0 Å². The Morgan fingerprint density at radius 3 is 2.50 bits per heavy atom. The fraction of sp³-hybridized carbons (Fsp3) is 0.143. The lowest BCUT2D eigenvalue weighted by Crippen LogP contribution is -1.99. The van der Waals surface area contributed by atoms with Crippen LogP contribution in [-0.4, -0.2) is 10.2 Å². The van der Waals surface area contributed by atoms with Gasteiger partial charge in [-0.3, -0.25) is 0 Å². The molecule has 94 valence electrons. The first kappa shape index (κ1) is 12.6. The first-order chi connectivity index (χ1) is 8.56. The maximum Gasteiger partial charge on any atom is 0.157 e. The molecule has 0 radical (unpaired) electrons. The van der Waals surface area contributed by atoms with Gasteiger partial charge in [-0.25, -0.2) is 0 Å². The molecule has 4 heteroatoms. The van der Waals surface area contributed by atoms with Crippen molar-refractivity contribution in [3.63, 3.8) is 0 Å². The Morgan fingerprint density at radius 1 is 1.06 bits per heavy atom. The van der Waals surface area contributed by atoms with Gasteiger partial charge in [0.1, 0.15) is 0 Å². The molecule has 0 aliphatic rings. The quantitative estimate of drug-likeness (QED) is 0.741. The van der Waals surface area contributed by atoms with E-state index in [1.54, 1.807) is 6.07 Å². The molecule has 3 nitrogen and oxygen atoms in total. The lowest BCUT2D eigenvalue weighted by atomic mass is 10.2. The minimum absolute atomic E-state index is 0.114. The molecule has 0 aliphatic heterocycles. The van der Waals surface area contributed by atoms with E-state index in [4.69, 9.17) is 11.6 Å². The van der Waals surface area contributed by atoms with Crippen molar-refractivity contribution in [2.45, 2.75) is 13.5 Å². The van der Waals surface area contributed by atoms with Gasteiger partial charge in [-0.2, -0.15) is 0 Å². The van der Waals surface area contributed by atoms with Crippen molar-refractivity contribution < 1.29 is 10.2 Å². The molecule has 2 rings (SSSR count). The van der Waals surface area contributed by atoms with Gasteiger partial charge in [-0.05, 0) is 42.3 Å². The van der Waals surface area contributed by atoms with E-state index in [1.165, 1.54) is 12.1 Å². The van der Waals surface area contributed by atoms with Crippen LogP contribution < -0.4 is 5.32 Å². The van der Waals surface area contributed by atoms with Gasteiger partial charge in [-0.15, -0.1) is 0 Å². The number of halogens is 1. The van der Waals surface area contributed by atoms with E-state index < -0.39 is 0 Å². The summed E-state index contributed by atoms with van der Waals surface area (Å²) in [5.41, 5.74) is 2.82. The maximum absolute atomic E-state index is 9.38. The zero-order valence-corrected chi connectivity index (χ0v) is 10.7. The molecule has 0 saturated carbocycles. The predicted octanol–water partition coefficient (Wildman–Crippen LogP) is 3.67. The highest BCUT2D eigenvalue weighted by molar-refractivity contribution is 6.31. The summed E-state index contributed by atoms with van der Waals surface area (Å²) in [4.78, 5) is 0. The Kier molecular flexibility index (Phi) is 3.63. The molecule has 0 fully saturated rings. The molecule has 0 saturated heterocycles. The largest absolute Gasteiger partial charge is 0.504 e. The second-order valence-electron chi connectivity index (χ2n) is 4.14. The molecule has 2 aromatic carbocycles. The molecule has 2 aromatic rings. The zero-order valence-electron chi connectivity index (χ0n) is 9.94. The number of hydrogen-bond donors (Lipinski definition) is 3. The fourth-order valence-electron chi connectivity index (χ4n) is 1.59. The second kappa shape index (κ2) is 5.19. The van der Waals surface area contributed by atoms with E-state index >= 15 is 0 Å². The van der Waals surface area contributed by atoms with Crippen LogP contribution >= 0.6 is 11.6 Å². The van der Waals surface area contributed by atoms with E-state index in [9.17, 15) is 10.2 Å². The van der Waals surface area contributed by atoms with Crippen LogP contribution in [0.1, 0.15) is 11.1 Å². The average Bonchev–Trinajstić information content (AvgIpc) is 2.35. The molecule has 0 aliphatic carbocycles.